The number of benzene rings is 1. The normalized spacial score (nSPS) is 24.4. The van der Waals surface area contributed by atoms with Gasteiger partial charge >= 0.3 is 6.09 Å². The number of carbonyl (C=O) groups excluding carboxylic acids is 1. The number of nitrogens with zero attached hydrogens (tertiary/aromatic N) is 1. The maximum Gasteiger partial charge on any atom is 0.407 e. The third-order valence-electron chi connectivity index (χ3n) is 4.87. The molecule has 2 rings (SSSR count). The smallest absolute Gasteiger partial charge is 0.407 e. The maximum absolute atomic E-state index is 12.2. The lowest BCUT2D eigenvalue weighted by Crippen LogP contribution is -2.58. The Hall–Kier alpha value is -1.55. The molecule has 2 atom stereocenters. The third-order valence-corrected chi connectivity index (χ3v) is 4.87. The van der Waals surface area contributed by atoms with E-state index in [2.05, 4.69) is 55.3 Å². The first kappa shape index (κ1) is 18.8. The summed E-state index contributed by atoms with van der Waals surface area (Å²) in [7, 11) is 0. The van der Waals surface area contributed by atoms with Gasteiger partial charge in [0.15, 0.2) is 0 Å². The summed E-state index contributed by atoms with van der Waals surface area (Å²) in [5, 5.41) is 3.09. The maximum atomic E-state index is 12.2. The van der Waals surface area contributed by atoms with Gasteiger partial charge in [-0.15, -0.1) is 0 Å². The molecule has 4 heteroatoms. The summed E-state index contributed by atoms with van der Waals surface area (Å²) in [6, 6.07) is 10.6. The number of hydrogen-bond donors (Lipinski definition) is 1. The fourth-order valence-electron chi connectivity index (χ4n) is 3.36. The van der Waals surface area contributed by atoms with Gasteiger partial charge in [0.1, 0.15) is 5.60 Å². The minimum atomic E-state index is -0.471. The number of carbonyl (C=O) groups is 1. The highest BCUT2D eigenvalue weighted by Crippen LogP contribution is 2.35. The molecule has 0 aromatic heterocycles. The highest BCUT2D eigenvalue weighted by atomic mass is 16.6. The topological polar surface area (TPSA) is 41.6 Å². The number of rotatable bonds is 3. The van der Waals surface area contributed by atoms with E-state index >= 15 is 0 Å². The van der Waals surface area contributed by atoms with Gasteiger partial charge in [-0.1, -0.05) is 51.1 Å². The van der Waals surface area contributed by atoms with Crippen LogP contribution in [0.25, 0.3) is 0 Å². The second-order valence-corrected chi connectivity index (χ2v) is 8.69. The molecule has 4 nitrogen and oxygen atoms in total. The Balaban J connectivity index is 2.05. The molecule has 0 aliphatic carbocycles. The number of piperidine rings is 1. The molecule has 0 spiro atoms. The van der Waals surface area contributed by atoms with Crippen LogP contribution in [-0.4, -0.2) is 35.7 Å². The van der Waals surface area contributed by atoms with E-state index in [9.17, 15) is 4.79 Å². The largest absolute Gasteiger partial charge is 0.444 e. The summed E-state index contributed by atoms with van der Waals surface area (Å²) < 4.78 is 5.44. The molecule has 0 radical (unpaired) electrons. The van der Waals surface area contributed by atoms with E-state index in [4.69, 9.17) is 4.74 Å². The van der Waals surface area contributed by atoms with Crippen LogP contribution in [-0.2, 0) is 11.3 Å². The molecule has 0 unspecified atom stereocenters. The minimum absolute atomic E-state index is 0.0901. The Morgan fingerprint density at radius 2 is 1.92 bits per heavy atom. The van der Waals surface area contributed by atoms with Crippen LogP contribution in [0.5, 0.6) is 0 Å². The molecule has 1 fully saturated rings. The second kappa shape index (κ2) is 7.14. The molecule has 1 aliphatic heterocycles. The van der Waals surface area contributed by atoms with Gasteiger partial charge in [-0.05, 0) is 37.7 Å². The summed E-state index contributed by atoms with van der Waals surface area (Å²) in [5.74, 6) is 0.386. The Morgan fingerprint density at radius 3 is 2.50 bits per heavy atom. The summed E-state index contributed by atoms with van der Waals surface area (Å²) in [6.45, 7) is 15.2. The fourth-order valence-corrected chi connectivity index (χ4v) is 3.36. The van der Waals surface area contributed by atoms with E-state index in [1.807, 2.05) is 26.8 Å². The highest BCUT2D eigenvalue weighted by molar-refractivity contribution is 5.68. The highest BCUT2D eigenvalue weighted by Gasteiger charge is 2.40. The van der Waals surface area contributed by atoms with Gasteiger partial charge in [0.05, 0.1) is 0 Å². The molecule has 1 N–H and O–H groups in total. The molecule has 0 saturated carbocycles. The van der Waals surface area contributed by atoms with Crippen LogP contribution < -0.4 is 5.32 Å². The zero-order valence-electron chi connectivity index (χ0n) is 15.9. The van der Waals surface area contributed by atoms with Crippen LogP contribution in [0, 0.1) is 11.3 Å². The lowest BCUT2D eigenvalue weighted by Gasteiger charge is -2.47. The van der Waals surface area contributed by atoms with Crippen molar-refractivity contribution in [3.05, 3.63) is 35.9 Å². The van der Waals surface area contributed by atoms with Crippen molar-refractivity contribution in [3.63, 3.8) is 0 Å². The van der Waals surface area contributed by atoms with Crippen molar-refractivity contribution in [2.75, 3.05) is 13.1 Å². The number of hydrogen-bond acceptors (Lipinski definition) is 3. The molecular weight excluding hydrogens is 300 g/mol. The standard InChI is InChI=1S/C20H32N2O2/c1-15-17(21-18(23)24-19(2,3)4)13-22(14-20(15,5)6)12-16-10-8-7-9-11-16/h7-11,15,17H,12-14H2,1-6H3,(H,21,23)/t15-,17+/m0/s1. The zero-order chi connectivity index (χ0) is 18.0. The summed E-state index contributed by atoms with van der Waals surface area (Å²) >= 11 is 0. The van der Waals surface area contributed by atoms with Gasteiger partial charge in [0, 0.05) is 25.7 Å². The Kier molecular flexibility index (Phi) is 5.59. The quantitative estimate of drug-likeness (QED) is 0.907. The van der Waals surface area contributed by atoms with Crippen molar-refractivity contribution in [2.24, 2.45) is 11.3 Å². The molecule has 134 valence electrons. The van der Waals surface area contributed by atoms with Crippen LogP contribution in [0.3, 0.4) is 0 Å². The van der Waals surface area contributed by atoms with Gasteiger partial charge in [0.2, 0.25) is 0 Å². The van der Waals surface area contributed by atoms with Crippen LogP contribution in [0.4, 0.5) is 4.79 Å². The average Bonchev–Trinajstić information content (AvgIpc) is 2.43. The van der Waals surface area contributed by atoms with Crippen molar-refractivity contribution in [3.8, 4) is 0 Å². The van der Waals surface area contributed by atoms with Crippen molar-refractivity contribution in [1.29, 1.82) is 0 Å². The number of nitrogens with one attached hydrogen (secondary N) is 1. The molecule has 1 amide bonds. The predicted molar refractivity (Wildman–Crippen MR) is 97.8 cm³/mol. The number of amides is 1. The zero-order valence-corrected chi connectivity index (χ0v) is 15.9. The number of alkyl carbamates (subject to hydrolysis) is 1. The molecular formula is C20H32N2O2. The Morgan fingerprint density at radius 1 is 1.29 bits per heavy atom. The Labute approximate surface area is 146 Å². The molecule has 1 aromatic carbocycles. The van der Waals surface area contributed by atoms with E-state index in [-0.39, 0.29) is 17.6 Å². The molecule has 0 bridgehead atoms. The van der Waals surface area contributed by atoms with E-state index in [0.717, 1.165) is 19.6 Å². The van der Waals surface area contributed by atoms with Crippen molar-refractivity contribution >= 4 is 6.09 Å². The number of ether oxygens (including phenoxy) is 1. The first-order valence-corrected chi connectivity index (χ1v) is 8.83. The van der Waals surface area contributed by atoms with Gasteiger partial charge in [0.25, 0.3) is 0 Å². The fraction of sp³-hybridized carbons (Fsp3) is 0.650. The van der Waals surface area contributed by atoms with Gasteiger partial charge in [-0.2, -0.15) is 0 Å². The van der Waals surface area contributed by atoms with Crippen LogP contribution in [0.1, 0.15) is 47.1 Å². The lowest BCUT2D eigenvalue weighted by molar-refractivity contribution is 0.0141. The molecule has 1 saturated heterocycles. The SMILES string of the molecule is C[C@H]1[C@H](NC(=O)OC(C)(C)C)CN(Cc2ccccc2)CC1(C)C. The van der Waals surface area contributed by atoms with Crippen LogP contribution >= 0.6 is 0 Å². The molecule has 1 aliphatic rings. The van der Waals surface area contributed by atoms with Gasteiger partial charge in [-0.3, -0.25) is 4.90 Å². The molecule has 1 heterocycles. The van der Waals surface area contributed by atoms with E-state index in [1.165, 1.54) is 5.56 Å². The van der Waals surface area contributed by atoms with Gasteiger partial charge < -0.3 is 10.1 Å². The summed E-state index contributed by atoms with van der Waals surface area (Å²) in [4.78, 5) is 14.6. The third kappa shape index (κ3) is 5.23. The van der Waals surface area contributed by atoms with Crippen molar-refractivity contribution < 1.29 is 9.53 Å². The minimum Gasteiger partial charge on any atom is -0.444 e. The summed E-state index contributed by atoms with van der Waals surface area (Å²) in [6.07, 6.45) is -0.322. The predicted octanol–water partition coefficient (Wildman–Crippen LogP) is 4.06. The average molecular weight is 332 g/mol. The van der Waals surface area contributed by atoms with Crippen LogP contribution in [0.15, 0.2) is 30.3 Å². The first-order chi connectivity index (χ1) is 11.1. The number of likely N-dealkylation sites (tertiary alicyclic amines) is 1. The monoisotopic (exact) mass is 332 g/mol. The second-order valence-electron chi connectivity index (χ2n) is 8.69. The molecule has 1 aromatic rings. The lowest BCUT2D eigenvalue weighted by atomic mass is 9.72. The van der Waals surface area contributed by atoms with Gasteiger partial charge in [-0.25, -0.2) is 4.79 Å². The van der Waals surface area contributed by atoms with E-state index in [1.54, 1.807) is 0 Å². The van der Waals surface area contributed by atoms with E-state index in [0.29, 0.717) is 5.92 Å². The van der Waals surface area contributed by atoms with E-state index < -0.39 is 5.60 Å². The Bertz CT molecular complexity index is 549. The van der Waals surface area contributed by atoms with Crippen LogP contribution in [0.2, 0.25) is 0 Å². The molecule has 24 heavy (non-hydrogen) atoms. The van der Waals surface area contributed by atoms with Crippen molar-refractivity contribution in [2.45, 2.75) is 59.7 Å². The summed E-state index contributed by atoms with van der Waals surface area (Å²) in [5.41, 5.74) is 0.965. The van der Waals surface area contributed by atoms with Crippen molar-refractivity contribution in [1.82, 2.24) is 10.2 Å². The first-order valence-electron chi connectivity index (χ1n) is 8.83.